The minimum Gasteiger partial charge on any atom is -1.00 e. The van der Waals surface area contributed by atoms with Gasteiger partial charge in [0.05, 0.1) is 0 Å². The molecule has 0 bridgehead atoms. The molecule has 0 nitrogen and oxygen atoms in total. The molecular formula is C19H25Cl3SiTi. The number of hydrogen-bond acceptors (Lipinski definition) is 0. The van der Waals surface area contributed by atoms with Crippen molar-refractivity contribution in [2.45, 2.75) is 42.1 Å². The third-order valence-corrected chi connectivity index (χ3v) is 13.4. The summed E-state index contributed by atoms with van der Waals surface area (Å²) in [5.41, 5.74) is 0.904. The van der Waals surface area contributed by atoms with Crippen LogP contribution in [-0.2, 0) is 20.4 Å². The van der Waals surface area contributed by atoms with E-state index in [9.17, 15) is 0 Å². The minimum absolute atomic E-state index is 0. The van der Waals surface area contributed by atoms with Crippen LogP contribution in [0.15, 0.2) is 54.6 Å². The molecule has 0 N–H and O–H groups in total. The van der Waals surface area contributed by atoms with E-state index in [-0.39, 0.29) is 37.2 Å². The van der Waals surface area contributed by atoms with Crippen molar-refractivity contribution in [3.8, 4) is 0 Å². The molecule has 24 heavy (non-hydrogen) atoms. The van der Waals surface area contributed by atoms with Gasteiger partial charge in [-0.3, -0.25) is 0 Å². The summed E-state index contributed by atoms with van der Waals surface area (Å²) in [7, 11) is -1.44. The summed E-state index contributed by atoms with van der Waals surface area (Å²) >= 11 is 2.51. The van der Waals surface area contributed by atoms with Gasteiger partial charge in [-0.15, -0.1) is 0 Å². The van der Waals surface area contributed by atoms with Crippen molar-refractivity contribution < 1.29 is 57.7 Å². The van der Waals surface area contributed by atoms with Crippen molar-refractivity contribution in [1.82, 2.24) is 0 Å². The Bertz CT molecular complexity index is 543. The summed E-state index contributed by atoms with van der Waals surface area (Å²) in [5.74, 6) is 1.58. The molecule has 1 aromatic rings. The van der Waals surface area contributed by atoms with Gasteiger partial charge >= 0.3 is 142 Å². The van der Waals surface area contributed by atoms with Gasteiger partial charge in [-0.2, -0.15) is 0 Å². The Balaban J connectivity index is 0.00000176. The van der Waals surface area contributed by atoms with Gasteiger partial charge in [0.2, 0.25) is 0 Å². The van der Waals surface area contributed by atoms with Crippen LogP contribution in [0.4, 0.5) is 0 Å². The number of rotatable bonds is 4. The van der Waals surface area contributed by atoms with E-state index < -0.39 is 8.07 Å². The second kappa shape index (κ2) is 10.6. The average Bonchev–Trinajstić information content (AvgIpc) is 2.87. The SMILES string of the molecule is CC[Si](CC)(c1ccccc1)C1[CH]([Ti+3])CC2C=CC=CC21.[Cl-].[Cl-].[Cl-]. The van der Waals surface area contributed by atoms with Crippen molar-refractivity contribution in [2.75, 3.05) is 0 Å². The molecular weight excluding hydrogens is 411 g/mol. The zero-order chi connectivity index (χ0) is 14.9. The third kappa shape index (κ3) is 4.25. The number of benzene rings is 1. The van der Waals surface area contributed by atoms with Crippen LogP contribution in [0.5, 0.6) is 0 Å². The zero-order valence-corrected chi connectivity index (χ0v) is 19.1. The predicted octanol–water partition coefficient (Wildman–Crippen LogP) is -4.14. The third-order valence-electron chi connectivity index (χ3n) is 5.92. The van der Waals surface area contributed by atoms with Gasteiger partial charge in [0.1, 0.15) is 0 Å². The number of halogens is 3. The number of allylic oxidation sites excluding steroid dienone is 4. The van der Waals surface area contributed by atoms with Crippen LogP contribution in [-0.4, -0.2) is 8.07 Å². The van der Waals surface area contributed by atoms with Crippen molar-refractivity contribution in [3.05, 3.63) is 54.6 Å². The van der Waals surface area contributed by atoms with E-state index in [2.05, 4.69) is 88.9 Å². The molecule has 2 aliphatic rings. The van der Waals surface area contributed by atoms with Crippen LogP contribution in [0.1, 0.15) is 20.3 Å². The standard InChI is InChI=1S/C19H25Si.3ClH.Ti/c1-3-20(4-2,17-11-6-5-7-12-17)19-15-14-16-10-8-9-13-18(16)19;;;;/h5-13,15-16,18-19H,3-4,14H2,1-2H3;3*1H;/q;;;;+3/p-3. The molecule has 0 aliphatic heterocycles. The quantitative estimate of drug-likeness (QED) is 0.422. The van der Waals surface area contributed by atoms with Crippen molar-refractivity contribution in [1.29, 1.82) is 0 Å². The molecule has 0 heterocycles. The fourth-order valence-electron chi connectivity index (χ4n) is 4.85. The molecule has 1 saturated carbocycles. The Kier molecular flexibility index (Phi) is 10.8. The maximum absolute atomic E-state index is 2.52. The Labute approximate surface area is 178 Å². The molecule has 1 aromatic carbocycles. The van der Waals surface area contributed by atoms with Gasteiger partial charge in [0.15, 0.2) is 0 Å². The molecule has 2 aliphatic carbocycles. The summed E-state index contributed by atoms with van der Waals surface area (Å²) < 4.78 is 0.860. The van der Waals surface area contributed by atoms with Crippen molar-refractivity contribution >= 4 is 13.3 Å². The van der Waals surface area contributed by atoms with Gasteiger partial charge in [0.25, 0.3) is 0 Å². The smallest absolute Gasteiger partial charge is 1.00 e. The monoisotopic (exact) mass is 434 g/mol. The zero-order valence-electron chi connectivity index (χ0n) is 14.3. The van der Waals surface area contributed by atoms with Crippen molar-refractivity contribution in [3.63, 3.8) is 0 Å². The van der Waals surface area contributed by atoms with E-state index in [0.717, 1.165) is 21.6 Å². The van der Waals surface area contributed by atoms with Gasteiger partial charge in [-0.25, -0.2) is 0 Å². The van der Waals surface area contributed by atoms with E-state index in [1.165, 1.54) is 18.5 Å². The average molecular weight is 436 g/mol. The predicted molar refractivity (Wildman–Crippen MR) is 90.2 cm³/mol. The van der Waals surface area contributed by atoms with E-state index in [0.29, 0.717) is 0 Å². The molecule has 4 atom stereocenters. The van der Waals surface area contributed by atoms with Crippen LogP contribution in [0, 0.1) is 11.8 Å². The summed E-state index contributed by atoms with van der Waals surface area (Å²) in [6.07, 6.45) is 10.9. The molecule has 130 valence electrons. The van der Waals surface area contributed by atoms with Crippen LogP contribution in [0.25, 0.3) is 0 Å². The van der Waals surface area contributed by atoms with Crippen LogP contribution in [0.3, 0.4) is 0 Å². The number of fused-ring (bicyclic) bond motifs is 1. The fraction of sp³-hybridized carbons (Fsp3) is 0.474. The molecule has 0 spiro atoms. The van der Waals surface area contributed by atoms with E-state index in [4.69, 9.17) is 0 Å². The Morgan fingerprint density at radius 1 is 0.958 bits per heavy atom. The first kappa shape index (κ1) is 24.5. The van der Waals surface area contributed by atoms with Crippen molar-refractivity contribution in [2.24, 2.45) is 11.8 Å². The first-order chi connectivity index (χ1) is 10.2. The molecule has 1 fully saturated rings. The Morgan fingerprint density at radius 2 is 1.54 bits per heavy atom. The normalized spacial score (nSPS) is 27.5. The van der Waals surface area contributed by atoms with Crippen LogP contribution >= 0.6 is 0 Å². The first-order valence-electron chi connectivity index (χ1n) is 8.34. The first-order valence-corrected chi connectivity index (χ1v) is 11.7. The summed E-state index contributed by atoms with van der Waals surface area (Å²) in [5, 5.41) is 1.69. The topological polar surface area (TPSA) is 0 Å². The second-order valence-electron chi connectivity index (χ2n) is 6.61. The molecule has 0 saturated heterocycles. The molecule has 3 rings (SSSR count). The maximum Gasteiger partial charge on any atom is -1.00 e. The van der Waals surface area contributed by atoms with Gasteiger partial charge in [-0.05, 0) is 0 Å². The van der Waals surface area contributed by atoms with Crippen LogP contribution in [0.2, 0.25) is 21.9 Å². The molecule has 5 heteroatoms. The largest absolute Gasteiger partial charge is 1.00 e. The van der Waals surface area contributed by atoms with Crippen LogP contribution < -0.4 is 42.4 Å². The van der Waals surface area contributed by atoms with E-state index in [1.807, 2.05) is 0 Å². The molecule has 0 aromatic heterocycles. The summed E-state index contributed by atoms with van der Waals surface area (Å²) in [4.78, 5) is 0. The molecule has 0 amide bonds. The Hall–Kier alpha value is 0.501. The summed E-state index contributed by atoms with van der Waals surface area (Å²) in [6.45, 7) is 4.90. The molecule has 4 unspecified atom stereocenters. The second-order valence-corrected chi connectivity index (χ2v) is 12.7. The van der Waals surface area contributed by atoms with Gasteiger partial charge in [0, 0.05) is 0 Å². The fourth-order valence-corrected chi connectivity index (χ4v) is 12.6. The van der Waals surface area contributed by atoms with E-state index >= 15 is 0 Å². The summed E-state index contributed by atoms with van der Waals surface area (Å²) in [6, 6.07) is 14.3. The van der Waals surface area contributed by atoms with Gasteiger partial charge in [-0.1, -0.05) is 0 Å². The number of hydrogen-bond donors (Lipinski definition) is 0. The van der Waals surface area contributed by atoms with E-state index in [1.54, 1.807) is 5.19 Å². The minimum atomic E-state index is -1.44. The van der Waals surface area contributed by atoms with Gasteiger partial charge < -0.3 is 37.2 Å². The molecule has 0 radical (unpaired) electrons. The Morgan fingerprint density at radius 3 is 2.12 bits per heavy atom. The maximum atomic E-state index is 2.52.